The number of carbonyl (C=O) groups excluding carboxylic acids is 1. The van der Waals surface area contributed by atoms with E-state index >= 15 is 0 Å². The quantitative estimate of drug-likeness (QED) is 0.391. The van der Waals surface area contributed by atoms with E-state index in [-0.39, 0.29) is 29.1 Å². The van der Waals surface area contributed by atoms with Crippen molar-refractivity contribution in [1.82, 2.24) is 4.90 Å². The molecule has 2 aromatic carbocycles. The number of ether oxygens (including phenoxy) is 3. The van der Waals surface area contributed by atoms with Gasteiger partial charge in [0.15, 0.2) is 0 Å². The van der Waals surface area contributed by atoms with Gasteiger partial charge < -0.3 is 19.1 Å². The van der Waals surface area contributed by atoms with Crippen molar-refractivity contribution in [1.29, 1.82) is 0 Å². The number of amides is 1. The minimum Gasteiger partial charge on any atom is -0.435 e. The second kappa shape index (κ2) is 11.5. The molecule has 1 aliphatic heterocycles. The molecular weight excluding hydrogens is 430 g/mol. The van der Waals surface area contributed by atoms with Gasteiger partial charge in [0.1, 0.15) is 11.5 Å². The zero-order valence-electron chi connectivity index (χ0n) is 17.1. The summed E-state index contributed by atoms with van der Waals surface area (Å²) in [5, 5.41) is 0. The SMILES string of the molecule is O=C(/C=C/c1ccc(OC(F)F)cc1OC(F)F)N1CCC(OCc2ccccc2)CC1. The summed E-state index contributed by atoms with van der Waals surface area (Å²) >= 11 is 0. The maximum absolute atomic E-state index is 12.7. The summed E-state index contributed by atoms with van der Waals surface area (Å²) in [6.45, 7) is -4.74. The highest BCUT2D eigenvalue weighted by Gasteiger charge is 2.22. The molecule has 1 amide bonds. The number of halogens is 4. The van der Waals surface area contributed by atoms with Gasteiger partial charge in [-0.25, -0.2) is 0 Å². The maximum atomic E-state index is 12.7. The first kappa shape index (κ1) is 23.6. The van der Waals surface area contributed by atoms with Crippen LogP contribution in [0.25, 0.3) is 6.08 Å². The molecule has 0 aromatic heterocycles. The van der Waals surface area contributed by atoms with Crippen LogP contribution in [0.5, 0.6) is 11.5 Å². The molecule has 172 valence electrons. The molecule has 0 aliphatic carbocycles. The summed E-state index contributed by atoms with van der Waals surface area (Å²) in [7, 11) is 0. The fourth-order valence-electron chi connectivity index (χ4n) is 3.32. The van der Waals surface area contributed by atoms with Crippen molar-refractivity contribution in [3.05, 3.63) is 65.7 Å². The van der Waals surface area contributed by atoms with Crippen molar-refractivity contribution in [3.63, 3.8) is 0 Å². The predicted octanol–water partition coefficient (Wildman–Crippen LogP) is 5.11. The van der Waals surface area contributed by atoms with Crippen molar-refractivity contribution >= 4 is 12.0 Å². The fraction of sp³-hybridized carbons (Fsp3) is 0.348. The van der Waals surface area contributed by atoms with Crippen LogP contribution < -0.4 is 9.47 Å². The maximum Gasteiger partial charge on any atom is 0.387 e. The molecule has 32 heavy (non-hydrogen) atoms. The molecule has 1 fully saturated rings. The Morgan fingerprint density at radius 1 is 1.00 bits per heavy atom. The van der Waals surface area contributed by atoms with E-state index < -0.39 is 13.2 Å². The monoisotopic (exact) mass is 453 g/mol. The normalized spacial score (nSPS) is 15.0. The van der Waals surface area contributed by atoms with E-state index in [9.17, 15) is 22.4 Å². The molecule has 0 unspecified atom stereocenters. The van der Waals surface area contributed by atoms with Crippen molar-refractivity contribution < 1.29 is 36.6 Å². The van der Waals surface area contributed by atoms with Crippen molar-refractivity contribution in [2.24, 2.45) is 0 Å². The largest absolute Gasteiger partial charge is 0.435 e. The van der Waals surface area contributed by atoms with Crippen molar-refractivity contribution in [2.75, 3.05) is 13.1 Å². The molecule has 1 heterocycles. The summed E-state index contributed by atoms with van der Waals surface area (Å²) in [6.07, 6.45) is 3.98. The molecule has 0 radical (unpaired) electrons. The van der Waals surface area contributed by atoms with E-state index in [4.69, 9.17) is 4.74 Å². The van der Waals surface area contributed by atoms with Gasteiger partial charge in [-0.05, 0) is 36.6 Å². The van der Waals surface area contributed by atoms with Crippen LogP contribution >= 0.6 is 0 Å². The predicted molar refractivity (Wildman–Crippen MR) is 110 cm³/mol. The van der Waals surface area contributed by atoms with E-state index in [1.54, 1.807) is 4.90 Å². The molecular formula is C23H23F4NO4. The third-order valence-electron chi connectivity index (χ3n) is 4.91. The van der Waals surface area contributed by atoms with Gasteiger partial charge in [0, 0.05) is 30.8 Å². The Balaban J connectivity index is 1.54. The average Bonchev–Trinajstić information content (AvgIpc) is 2.77. The third kappa shape index (κ3) is 7.26. The lowest BCUT2D eigenvalue weighted by molar-refractivity contribution is -0.128. The van der Waals surface area contributed by atoms with Crippen LogP contribution in [-0.4, -0.2) is 43.2 Å². The lowest BCUT2D eigenvalue weighted by Crippen LogP contribution is -2.40. The smallest absolute Gasteiger partial charge is 0.387 e. The highest BCUT2D eigenvalue weighted by molar-refractivity contribution is 5.92. The summed E-state index contributed by atoms with van der Waals surface area (Å²) in [5.74, 6) is -0.977. The van der Waals surface area contributed by atoms with Gasteiger partial charge in [-0.2, -0.15) is 17.6 Å². The summed E-state index contributed by atoms with van der Waals surface area (Å²) in [5.41, 5.74) is 1.22. The van der Waals surface area contributed by atoms with Crippen molar-refractivity contribution in [2.45, 2.75) is 38.8 Å². The van der Waals surface area contributed by atoms with Crippen LogP contribution in [-0.2, 0) is 16.1 Å². The first-order valence-electron chi connectivity index (χ1n) is 10.1. The van der Waals surface area contributed by atoms with Gasteiger partial charge in [0.2, 0.25) is 5.91 Å². The lowest BCUT2D eigenvalue weighted by atomic mass is 10.1. The number of nitrogens with zero attached hydrogens (tertiary/aromatic N) is 1. The Labute approximate surface area is 183 Å². The van der Waals surface area contributed by atoms with Crippen LogP contribution in [0.15, 0.2) is 54.6 Å². The summed E-state index contributed by atoms with van der Waals surface area (Å²) in [4.78, 5) is 14.1. The van der Waals surface area contributed by atoms with E-state index in [1.807, 2.05) is 30.3 Å². The van der Waals surface area contributed by atoms with Crippen LogP contribution in [0.2, 0.25) is 0 Å². The van der Waals surface area contributed by atoms with Gasteiger partial charge in [0.05, 0.1) is 12.7 Å². The summed E-state index contributed by atoms with van der Waals surface area (Å²) in [6, 6.07) is 13.2. The topological polar surface area (TPSA) is 48.0 Å². The second-order valence-corrected chi connectivity index (χ2v) is 7.11. The number of hydrogen-bond donors (Lipinski definition) is 0. The fourth-order valence-corrected chi connectivity index (χ4v) is 3.32. The molecule has 3 rings (SSSR count). The van der Waals surface area contributed by atoms with E-state index in [1.165, 1.54) is 24.3 Å². The minimum atomic E-state index is -3.16. The summed E-state index contributed by atoms with van der Waals surface area (Å²) < 4.78 is 64.5. The van der Waals surface area contributed by atoms with Crippen LogP contribution in [0.3, 0.4) is 0 Å². The first-order valence-corrected chi connectivity index (χ1v) is 10.1. The van der Waals surface area contributed by atoms with Crippen LogP contribution in [0, 0.1) is 0 Å². The molecule has 0 bridgehead atoms. The number of alkyl halides is 4. The Kier molecular flexibility index (Phi) is 8.49. The zero-order chi connectivity index (χ0) is 22.9. The zero-order valence-corrected chi connectivity index (χ0v) is 17.1. The number of likely N-dealkylation sites (tertiary alicyclic amines) is 1. The van der Waals surface area contributed by atoms with Gasteiger partial charge in [-0.3, -0.25) is 4.79 Å². The lowest BCUT2D eigenvalue weighted by Gasteiger charge is -2.31. The Bertz CT molecular complexity index is 900. The molecule has 0 atom stereocenters. The van der Waals surface area contributed by atoms with Gasteiger partial charge in [-0.1, -0.05) is 30.3 Å². The average molecular weight is 453 g/mol. The van der Waals surface area contributed by atoms with Gasteiger partial charge >= 0.3 is 13.2 Å². The number of benzene rings is 2. The highest BCUT2D eigenvalue weighted by Crippen LogP contribution is 2.28. The van der Waals surface area contributed by atoms with E-state index in [2.05, 4.69) is 9.47 Å². The molecule has 0 spiro atoms. The third-order valence-corrected chi connectivity index (χ3v) is 4.91. The number of carbonyl (C=O) groups is 1. The highest BCUT2D eigenvalue weighted by atomic mass is 19.3. The van der Waals surface area contributed by atoms with Crippen molar-refractivity contribution in [3.8, 4) is 11.5 Å². The number of rotatable bonds is 9. The number of piperidine rings is 1. The molecule has 9 heteroatoms. The molecule has 0 saturated carbocycles. The molecule has 1 saturated heterocycles. The van der Waals surface area contributed by atoms with Gasteiger partial charge in [-0.15, -0.1) is 0 Å². The Morgan fingerprint density at radius 3 is 2.34 bits per heavy atom. The van der Waals surface area contributed by atoms with Crippen LogP contribution in [0.1, 0.15) is 24.0 Å². The number of hydrogen-bond acceptors (Lipinski definition) is 4. The van der Waals surface area contributed by atoms with E-state index in [0.29, 0.717) is 32.5 Å². The second-order valence-electron chi connectivity index (χ2n) is 7.11. The minimum absolute atomic E-state index is 0.0525. The standard InChI is InChI=1S/C23H23F4NO4/c24-22(25)31-19-8-6-17(20(14-19)32-23(26)27)7-9-21(29)28-12-10-18(11-13-28)30-15-16-4-2-1-3-5-16/h1-9,14,18,22-23H,10-13,15H2/b9-7+. The Hall–Kier alpha value is -3.07. The molecule has 0 N–H and O–H groups in total. The van der Waals surface area contributed by atoms with Crippen LogP contribution in [0.4, 0.5) is 17.6 Å². The molecule has 1 aliphatic rings. The van der Waals surface area contributed by atoms with Gasteiger partial charge in [0.25, 0.3) is 0 Å². The Morgan fingerprint density at radius 2 is 1.69 bits per heavy atom. The molecule has 5 nitrogen and oxygen atoms in total. The first-order chi connectivity index (χ1) is 15.4. The van der Waals surface area contributed by atoms with E-state index in [0.717, 1.165) is 11.6 Å². The molecule has 2 aromatic rings.